The Kier molecular flexibility index (Phi) is 6.51. The van der Waals surface area contributed by atoms with Crippen LogP contribution in [0.25, 0.3) is 0 Å². The fraction of sp³-hybridized carbons (Fsp3) is 0.647. The lowest BCUT2D eigenvalue weighted by molar-refractivity contribution is -0.385. The van der Waals surface area contributed by atoms with Gasteiger partial charge in [-0.3, -0.25) is 10.1 Å². The van der Waals surface area contributed by atoms with Crippen molar-refractivity contribution in [3.63, 3.8) is 0 Å². The quantitative estimate of drug-likeness (QED) is 0.462. The minimum absolute atomic E-state index is 0.00956. The van der Waals surface area contributed by atoms with E-state index in [0.717, 1.165) is 10.4 Å². The minimum atomic E-state index is -3.97. The molecule has 1 aromatic carbocycles. The van der Waals surface area contributed by atoms with E-state index < -0.39 is 25.2 Å². The van der Waals surface area contributed by atoms with E-state index in [9.17, 15) is 26.9 Å². The van der Waals surface area contributed by atoms with Crippen molar-refractivity contribution in [1.29, 1.82) is 0 Å². The highest BCUT2D eigenvalue weighted by atomic mass is 32.2. The molecule has 2 atom stereocenters. The molecule has 30 heavy (non-hydrogen) atoms. The summed E-state index contributed by atoms with van der Waals surface area (Å²) in [5.74, 6) is 0. The van der Waals surface area contributed by atoms with Crippen molar-refractivity contribution in [2.45, 2.75) is 37.9 Å². The van der Waals surface area contributed by atoms with E-state index in [1.807, 2.05) is 13.8 Å². The monoisotopic (exact) mass is 462 g/mol. The molecule has 3 rings (SSSR count). The normalized spacial score (nSPS) is 25.3. The highest BCUT2D eigenvalue weighted by Gasteiger charge is 2.39. The first-order valence-electron chi connectivity index (χ1n) is 9.59. The summed E-state index contributed by atoms with van der Waals surface area (Å²) in [6, 6.07) is 3.77. The van der Waals surface area contributed by atoms with Crippen molar-refractivity contribution in [3.8, 4) is 0 Å². The molecule has 2 fully saturated rings. The van der Waals surface area contributed by atoms with E-state index in [-0.39, 0.29) is 62.1 Å². The number of benzene rings is 1. The molecule has 11 nitrogen and oxygen atoms in total. The van der Waals surface area contributed by atoms with Crippen LogP contribution >= 0.6 is 0 Å². The van der Waals surface area contributed by atoms with Gasteiger partial charge in [0.15, 0.2) is 0 Å². The third-order valence-corrected chi connectivity index (χ3v) is 9.11. The van der Waals surface area contributed by atoms with Gasteiger partial charge in [0, 0.05) is 50.9 Å². The fourth-order valence-corrected chi connectivity index (χ4v) is 6.91. The molecule has 13 heteroatoms. The van der Waals surface area contributed by atoms with E-state index in [0.29, 0.717) is 5.56 Å². The lowest BCUT2D eigenvalue weighted by atomic mass is 10.2. The van der Waals surface area contributed by atoms with Crippen molar-refractivity contribution < 1.29 is 26.5 Å². The SMILES string of the molecule is Cc1ccc(S(=O)(=O)N2CCN(S(=O)(=O)N3CC(C)OC(C)C3)CC2)cc1[N+](=O)[O-]. The number of rotatable bonds is 5. The summed E-state index contributed by atoms with van der Waals surface area (Å²) in [5, 5.41) is 11.1. The second-order valence-corrected chi connectivity index (χ2v) is 11.5. The standard InChI is InChI=1S/C17H26N4O7S2/c1-13-4-5-16(10-17(13)21(22)23)29(24,25)18-6-8-19(9-7-18)30(26,27)20-11-14(2)28-15(3)12-20/h4-5,10,14-15H,6-9,11-12H2,1-3H3. The van der Waals surface area contributed by atoms with Crippen LogP contribution < -0.4 is 0 Å². The Bertz CT molecular complexity index is 1010. The number of hydrogen-bond acceptors (Lipinski definition) is 7. The summed E-state index contributed by atoms with van der Waals surface area (Å²) in [5.41, 5.74) is 0.0941. The number of hydrogen-bond donors (Lipinski definition) is 0. The van der Waals surface area contributed by atoms with Crippen molar-refractivity contribution in [1.82, 2.24) is 12.9 Å². The van der Waals surface area contributed by atoms with Crippen LogP contribution in [0.1, 0.15) is 19.4 Å². The number of nitro groups is 1. The molecule has 0 aromatic heterocycles. The van der Waals surface area contributed by atoms with Crippen LogP contribution in [-0.2, 0) is 25.0 Å². The van der Waals surface area contributed by atoms with Crippen LogP contribution in [0.2, 0.25) is 0 Å². The highest BCUT2D eigenvalue weighted by Crippen LogP contribution is 2.26. The van der Waals surface area contributed by atoms with Crippen LogP contribution in [0, 0.1) is 17.0 Å². The molecule has 0 radical (unpaired) electrons. The second-order valence-electron chi connectivity index (χ2n) is 7.59. The zero-order valence-electron chi connectivity index (χ0n) is 17.1. The number of piperazine rings is 1. The maximum absolute atomic E-state index is 13.0. The molecule has 0 N–H and O–H groups in total. The van der Waals surface area contributed by atoms with Crippen LogP contribution in [0.4, 0.5) is 5.69 Å². The lowest BCUT2D eigenvalue weighted by Crippen LogP contribution is -2.57. The van der Waals surface area contributed by atoms with Gasteiger partial charge in [-0.1, -0.05) is 6.07 Å². The fourth-order valence-electron chi connectivity index (χ4n) is 3.72. The molecule has 0 amide bonds. The van der Waals surface area contributed by atoms with E-state index >= 15 is 0 Å². The number of nitrogens with zero attached hydrogens (tertiary/aromatic N) is 4. The summed E-state index contributed by atoms with van der Waals surface area (Å²) in [6.07, 6.45) is -0.440. The van der Waals surface area contributed by atoms with Gasteiger partial charge < -0.3 is 4.74 Å². The van der Waals surface area contributed by atoms with Gasteiger partial charge >= 0.3 is 0 Å². The van der Waals surface area contributed by atoms with Crippen molar-refractivity contribution >= 4 is 25.9 Å². The third-order valence-electron chi connectivity index (χ3n) is 5.25. The van der Waals surface area contributed by atoms with E-state index in [4.69, 9.17) is 4.74 Å². The van der Waals surface area contributed by atoms with Crippen LogP contribution in [0.3, 0.4) is 0 Å². The van der Waals surface area contributed by atoms with Gasteiger partial charge in [0.2, 0.25) is 10.0 Å². The second kappa shape index (κ2) is 8.48. The highest BCUT2D eigenvalue weighted by molar-refractivity contribution is 7.89. The number of morpholine rings is 1. The van der Waals surface area contributed by atoms with Gasteiger partial charge in [0.25, 0.3) is 15.9 Å². The Morgan fingerprint density at radius 3 is 2.03 bits per heavy atom. The van der Waals surface area contributed by atoms with Crippen LogP contribution in [-0.4, -0.2) is 86.2 Å². The number of ether oxygens (including phenoxy) is 1. The maximum Gasteiger partial charge on any atom is 0.282 e. The van der Waals surface area contributed by atoms with Gasteiger partial charge in [-0.2, -0.15) is 21.3 Å². The van der Waals surface area contributed by atoms with E-state index in [1.54, 1.807) is 0 Å². The number of nitro benzene ring substituents is 1. The molecule has 0 saturated carbocycles. The molecule has 2 heterocycles. The Morgan fingerprint density at radius 2 is 1.50 bits per heavy atom. The smallest absolute Gasteiger partial charge is 0.282 e. The predicted molar refractivity (Wildman–Crippen MR) is 109 cm³/mol. The van der Waals surface area contributed by atoms with Gasteiger partial charge in [-0.15, -0.1) is 0 Å². The molecular weight excluding hydrogens is 436 g/mol. The Morgan fingerprint density at radius 1 is 0.967 bits per heavy atom. The maximum atomic E-state index is 13.0. The van der Waals surface area contributed by atoms with E-state index in [2.05, 4.69) is 0 Å². The average molecular weight is 463 g/mol. The summed E-state index contributed by atoms with van der Waals surface area (Å²) < 4.78 is 61.2. The van der Waals surface area contributed by atoms with Gasteiger partial charge in [0.1, 0.15) is 0 Å². The third kappa shape index (κ3) is 4.50. The molecule has 2 unspecified atom stereocenters. The summed E-state index contributed by atoms with van der Waals surface area (Å²) in [4.78, 5) is 10.3. The summed E-state index contributed by atoms with van der Waals surface area (Å²) in [7, 11) is -7.70. The average Bonchev–Trinajstić information content (AvgIpc) is 2.67. The van der Waals surface area contributed by atoms with E-state index in [1.165, 1.54) is 27.7 Å². The molecule has 1 aromatic rings. The molecule has 2 aliphatic heterocycles. The molecule has 2 aliphatic rings. The summed E-state index contributed by atoms with van der Waals surface area (Å²) in [6.45, 7) is 5.61. The van der Waals surface area contributed by atoms with Crippen molar-refractivity contribution in [2.24, 2.45) is 0 Å². The Balaban J connectivity index is 1.73. The first-order chi connectivity index (χ1) is 13.9. The minimum Gasteiger partial charge on any atom is -0.373 e. The first kappa shape index (κ1) is 23.0. The topological polar surface area (TPSA) is 130 Å². The van der Waals surface area contributed by atoms with Gasteiger partial charge in [-0.25, -0.2) is 8.42 Å². The zero-order valence-corrected chi connectivity index (χ0v) is 18.7. The van der Waals surface area contributed by atoms with Crippen LogP contribution in [0.15, 0.2) is 23.1 Å². The largest absolute Gasteiger partial charge is 0.373 e. The Hall–Kier alpha value is -1.64. The lowest BCUT2D eigenvalue weighted by Gasteiger charge is -2.39. The van der Waals surface area contributed by atoms with Gasteiger partial charge in [0.05, 0.1) is 22.0 Å². The zero-order chi connectivity index (χ0) is 22.3. The molecular formula is C17H26N4O7S2. The molecule has 0 bridgehead atoms. The van der Waals surface area contributed by atoms with Crippen molar-refractivity contribution in [2.75, 3.05) is 39.3 Å². The van der Waals surface area contributed by atoms with Gasteiger partial charge in [-0.05, 0) is 26.8 Å². The first-order valence-corrected chi connectivity index (χ1v) is 12.4. The molecule has 168 valence electrons. The molecule has 0 spiro atoms. The number of aryl methyl sites for hydroxylation is 1. The Labute approximate surface area is 176 Å². The predicted octanol–water partition coefficient (Wildman–Crippen LogP) is 0.564. The number of sulfonamides is 1. The van der Waals surface area contributed by atoms with Crippen LogP contribution in [0.5, 0.6) is 0 Å². The molecule has 0 aliphatic carbocycles. The summed E-state index contributed by atoms with van der Waals surface area (Å²) >= 11 is 0. The van der Waals surface area contributed by atoms with Crippen molar-refractivity contribution in [3.05, 3.63) is 33.9 Å². The molecule has 2 saturated heterocycles.